The van der Waals surface area contributed by atoms with Crippen LogP contribution < -0.4 is 0 Å². The maximum absolute atomic E-state index is 10.5. The van der Waals surface area contributed by atoms with E-state index in [4.69, 9.17) is 10.2 Å². The molecule has 1 heterocycles. The van der Waals surface area contributed by atoms with Gasteiger partial charge in [0, 0.05) is 0 Å². The van der Waals surface area contributed by atoms with Crippen LogP contribution in [0.1, 0.15) is 0 Å². The largest absolute Gasteiger partial charge is 0.369 e. The van der Waals surface area contributed by atoms with Gasteiger partial charge in [0.05, 0.1) is 0 Å². The number of amides is 1. The Morgan fingerprint density at radius 2 is 2.00 bits per heavy atom. The Hall–Kier alpha value is -0.870. The SMILES string of the molecule is C=CC(=O)N1C(O)C1O. The van der Waals surface area contributed by atoms with Crippen molar-refractivity contribution in [1.82, 2.24) is 4.90 Å². The van der Waals surface area contributed by atoms with Gasteiger partial charge in [-0.05, 0) is 6.08 Å². The molecule has 0 bridgehead atoms. The molecule has 4 heteroatoms. The molecule has 1 aliphatic rings. The summed E-state index contributed by atoms with van der Waals surface area (Å²) in [6.45, 7) is 3.18. The molecule has 50 valence electrons. The second-order valence-electron chi connectivity index (χ2n) is 1.78. The van der Waals surface area contributed by atoms with Gasteiger partial charge in [0.25, 0.3) is 0 Å². The van der Waals surface area contributed by atoms with Crippen molar-refractivity contribution in [3.8, 4) is 0 Å². The molecule has 4 nitrogen and oxygen atoms in total. The molecule has 1 saturated heterocycles. The zero-order valence-corrected chi connectivity index (χ0v) is 4.69. The fraction of sp³-hybridized carbons (Fsp3) is 0.400. The molecule has 1 fully saturated rings. The molecule has 2 unspecified atom stereocenters. The first-order valence-electron chi connectivity index (χ1n) is 2.49. The number of nitrogens with zero attached hydrogens (tertiary/aromatic N) is 1. The minimum atomic E-state index is -1.02. The molecule has 9 heavy (non-hydrogen) atoms. The van der Waals surface area contributed by atoms with Crippen LogP contribution in [0.4, 0.5) is 0 Å². The Morgan fingerprint density at radius 1 is 1.56 bits per heavy atom. The van der Waals surface area contributed by atoms with Gasteiger partial charge in [-0.25, -0.2) is 0 Å². The van der Waals surface area contributed by atoms with E-state index < -0.39 is 18.4 Å². The van der Waals surface area contributed by atoms with Crippen molar-refractivity contribution in [2.75, 3.05) is 0 Å². The normalized spacial score (nSPS) is 32.0. The van der Waals surface area contributed by atoms with Crippen molar-refractivity contribution in [1.29, 1.82) is 0 Å². The molecule has 1 amide bonds. The molecule has 2 atom stereocenters. The Labute approximate surface area is 52.0 Å². The Morgan fingerprint density at radius 3 is 2.11 bits per heavy atom. The van der Waals surface area contributed by atoms with Crippen LogP contribution in [0.15, 0.2) is 12.7 Å². The fourth-order valence-corrected chi connectivity index (χ4v) is 0.573. The van der Waals surface area contributed by atoms with E-state index in [0.717, 1.165) is 11.0 Å². The van der Waals surface area contributed by atoms with Gasteiger partial charge in [-0.3, -0.25) is 9.69 Å². The third-order valence-corrected chi connectivity index (χ3v) is 1.18. The molecule has 0 aromatic rings. The van der Waals surface area contributed by atoms with Crippen molar-refractivity contribution in [2.45, 2.75) is 12.5 Å². The minimum Gasteiger partial charge on any atom is -0.369 e. The number of rotatable bonds is 1. The van der Waals surface area contributed by atoms with Crippen molar-refractivity contribution in [3.05, 3.63) is 12.7 Å². The lowest BCUT2D eigenvalue weighted by molar-refractivity contribution is -0.123. The lowest BCUT2D eigenvalue weighted by atomic mass is 10.6. The molecule has 0 aromatic heterocycles. The van der Waals surface area contributed by atoms with Gasteiger partial charge in [-0.1, -0.05) is 6.58 Å². The fourth-order valence-electron chi connectivity index (χ4n) is 0.573. The average molecular weight is 129 g/mol. The van der Waals surface area contributed by atoms with E-state index >= 15 is 0 Å². The Balaban J connectivity index is 2.49. The lowest BCUT2D eigenvalue weighted by Gasteiger charge is -1.91. The molecule has 0 aromatic carbocycles. The molecule has 0 aliphatic carbocycles. The van der Waals surface area contributed by atoms with Crippen LogP contribution in [0.3, 0.4) is 0 Å². The van der Waals surface area contributed by atoms with Crippen LogP contribution >= 0.6 is 0 Å². The van der Waals surface area contributed by atoms with E-state index in [2.05, 4.69) is 6.58 Å². The minimum absolute atomic E-state index is 0.449. The first kappa shape index (κ1) is 6.25. The highest BCUT2D eigenvalue weighted by atomic mass is 16.4. The molecular formula is C5H7NO3. The average Bonchev–Trinajstić information content (AvgIpc) is 2.40. The predicted octanol–water partition coefficient (Wildman–Crippen LogP) is -1.35. The molecule has 0 saturated carbocycles. The maximum Gasteiger partial charge on any atom is 0.250 e. The van der Waals surface area contributed by atoms with Crippen LogP contribution in [0.2, 0.25) is 0 Å². The van der Waals surface area contributed by atoms with E-state index in [9.17, 15) is 4.79 Å². The maximum atomic E-state index is 10.5. The van der Waals surface area contributed by atoms with Gasteiger partial charge in [0.1, 0.15) is 0 Å². The monoisotopic (exact) mass is 129 g/mol. The lowest BCUT2D eigenvalue weighted by Crippen LogP contribution is -2.10. The van der Waals surface area contributed by atoms with Gasteiger partial charge >= 0.3 is 0 Å². The summed E-state index contributed by atoms with van der Waals surface area (Å²) in [4.78, 5) is 11.4. The van der Waals surface area contributed by atoms with Gasteiger partial charge < -0.3 is 10.2 Å². The summed E-state index contributed by atoms with van der Waals surface area (Å²) in [5.41, 5.74) is 0. The van der Waals surface area contributed by atoms with Gasteiger partial charge in [-0.15, -0.1) is 0 Å². The topological polar surface area (TPSA) is 60.5 Å². The second-order valence-corrected chi connectivity index (χ2v) is 1.78. The number of carbonyl (C=O) groups is 1. The van der Waals surface area contributed by atoms with Gasteiger partial charge in [-0.2, -0.15) is 0 Å². The second kappa shape index (κ2) is 1.82. The Kier molecular flexibility index (Phi) is 1.27. The highest BCUT2D eigenvalue weighted by Crippen LogP contribution is 2.22. The van der Waals surface area contributed by atoms with Crippen LogP contribution in [0.5, 0.6) is 0 Å². The van der Waals surface area contributed by atoms with Crippen molar-refractivity contribution in [3.63, 3.8) is 0 Å². The van der Waals surface area contributed by atoms with Crippen LogP contribution in [0, 0.1) is 0 Å². The highest BCUT2D eigenvalue weighted by molar-refractivity contribution is 5.89. The highest BCUT2D eigenvalue weighted by Gasteiger charge is 2.47. The first-order valence-corrected chi connectivity index (χ1v) is 2.49. The van der Waals surface area contributed by atoms with E-state index in [1.165, 1.54) is 0 Å². The van der Waals surface area contributed by atoms with Crippen molar-refractivity contribution in [2.24, 2.45) is 0 Å². The molecule has 1 aliphatic heterocycles. The summed E-state index contributed by atoms with van der Waals surface area (Å²) in [6.07, 6.45) is -0.995. The molecule has 0 spiro atoms. The smallest absolute Gasteiger partial charge is 0.250 e. The summed E-state index contributed by atoms with van der Waals surface area (Å²) < 4.78 is 0. The zero-order chi connectivity index (χ0) is 7.02. The number of carbonyl (C=O) groups excluding carboxylic acids is 1. The third-order valence-electron chi connectivity index (χ3n) is 1.18. The first-order chi connectivity index (χ1) is 4.18. The quantitative estimate of drug-likeness (QED) is 0.340. The predicted molar refractivity (Wildman–Crippen MR) is 29.1 cm³/mol. The summed E-state index contributed by atoms with van der Waals surface area (Å²) >= 11 is 0. The van der Waals surface area contributed by atoms with E-state index in [1.807, 2.05) is 0 Å². The zero-order valence-electron chi connectivity index (χ0n) is 4.69. The number of hydrogen-bond donors (Lipinski definition) is 2. The van der Waals surface area contributed by atoms with Crippen molar-refractivity contribution < 1.29 is 15.0 Å². The Bertz CT molecular complexity index is 148. The van der Waals surface area contributed by atoms with E-state index in [0.29, 0.717) is 0 Å². The number of aliphatic hydroxyl groups is 2. The van der Waals surface area contributed by atoms with Crippen molar-refractivity contribution >= 4 is 5.91 Å². The van der Waals surface area contributed by atoms with Gasteiger partial charge in [0.2, 0.25) is 5.91 Å². The molecule has 1 rings (SSSR count). The van der Waals surface area contributed by atoms with E-state index in [1.54, 1.807) is 0 Å². The summed E-state index contributed by atoms with van der Waals surface area (Å²) in [6, 6.07) is 0. The molecular weight excluding hydrogens is 122 g/mol. The third kappa shape index (κ3) is 0.820. The number of aliphatic hydroxyl groups excluding tert-OH is 2. The molecule has 0 radical (unpaired) electrons. The summed E-state index contributed by atoms with van der Waals surface area (Å²) in [5, 5.41) is 17.2. The summed E-state index contributed by atoms with van der Waals surface area (Å²) in [7, 11) is 0. The summed E-state index contributed by atoms with van der Waals surface area (Å²) in [5.74, 6) is -0.449. The molecule has 2 N–H and O–H groups in total. The van der Waals surface area contributed by atoms with Crippen LogP contribution in [0.25, 0.3) is 0 Å². The number of hydrogen-bond acceptors (Lipinski definition) is 3. The van der Waals surface area contributed by atoms with E-state index in [-0.39, 0.29) is 0 Å². The standard InChI is InChI=1S/C5H7NO3/c1-2-3(7)6-4(8)5(6)9/h2,4-5,8-9H,1H2. The van der Waals surface area contributed by atoms with Crippen LogP contribution in [-0.4, -0.2) is 33.5 Å². The van der Waals surface area contributed by atoms with Crippen LogP contribution in [-0.2, 0) is 4.79 Å². The van der Waals surface area contributed by atoms with Gasteiger partial charge in [0.15, 0.2) is 12.5 Å².